The summed E-state index contributed by atoms with van der Waals surface area (Å²) in [5, 5.41) is 3.57. The zero-order valence-corrected chi connectivity index (χ0v) is 11.7. The lowest BCUT2D eigenvalue weighted by atomic mass is 10.1. The molecule has 2 rings (SSSR count). The van der Waals surface area contributed by atoms with Gasteiger partial charge in [0.05, 0.1) is 5.75 Å². The smallest absolute Gasteiger partial charge is 0.230 e. The Morgan fingerprint density at radius 3 is 2.74 bits per heavy atom. The van der Waals surface area contributed by atoms with Crippen LogP contribution in [0.2, 0.25) is 0 Å². The lowest BCUT2D eigenvalue weighted by molar-refractivity contribution is -0.119. The van der Waals surface area contributed by atoms with Gasteiger partial charge in [-0.15, -0.1) is 0 Å². The van der Waals surface area contributed by atoms with E-state index in [-0.39, 0.29) is 11.9 Å². The molecule has 0 atom stereocenters. The molecule has 19 heavy (non-hydrogen) atoms. The molecular weight excluding hydrogens is 262 g/mol. The van der Waals surface area contributed by atoms with Crippen molar-refractivity contribution in [2.45, 2.75) is 49.7 Å². The largest absolute Gasteiger partial charge is 0.368 e. The molecule has 0 radical (unpaired) electrons. The van der Waals surface area contributed by atoms with E-state index in [1.54, 1.807) is 0 Å². The Hall–Kier alpha value is -1.37. The minimum Gasteiger partial charge on any atom is -0.368 e. The lowest BCUT2D eigenvalue weighted by Crippen LogP contribution is -2.35. The summed E-state index contributed by atoms with van der Waals surface area (Å²) in [6.07, 6.45) is 8.53. The van der Waals surface area contributed by atoms with Crippen LogP contribution in [-0.4, -0.2) is 32.7 Å². The molecule has 0 spiro atoms. The fourth-order valence-electron chi connectivity index (χ4n) is 2.19. The van der Waals surface area contributed by atoms with Gasteiger partial charge in [-0.1, -0.05) is 37.4 Å². The van der Waals surface area contributed by atoms with Crippen LogP contribution < -0.4 is 11.1 Å². The molecule has 104 valence electrons. The number of amides is 1. The van der Waals surface area contributed by atoms with Crippen molar-refractivity contribution in [3.05, 3.63) is 6.33 Å². The number of nitrogens with one attached hydrogen (secondary N) is 1. The number of thioether (sulfide) groups is 1. The molecule has 6 nitrogen and oxygen atoms in total. The molecule has 7 heteroatoms. The molecule has 1 amide bonds. The van der Waals surface area contributed by atoms with E-state index in [9.17, 15) is 4.79 Å². The number of nitrogens with two attached hydrogens (primary N) is 1. The summed E-state index contributed by atoms with van der Waals surface area (Å²) in [6, 6.07) is 0.332. The van der Waals surface area contributed by atoms with Crippen LogP contribution in [0.1, 0.15) is 38.5 Å². The fourth-order valence-corrected chi connectivity index (χ4v) is 2.81. The van der Waals surface area contributed by atoms with Gasteiger partial charge in [0, 0.05) is 6.04 Å². The first-order chi connectivity index (χ1) is 9.24. The quantitative estimate of drug-likeness (QED) is 0.639. The van der Waals surface area contributed by atoms with Gasteiger partial charge in [-0.3, -0.25) is 4.79 Å². The van der Waals surface area contributed by atoms with Crippen LogP contribution in [0.4, 0.5) is 5.95 Å². The molecule has 0 saturated heterocycles. The van der Waals surface area contributed by atoms with Gasteiger partial charge in [0.1, 0.15) is 6.33 Å². The second-order valence-corrected chi connectivity index (χ2v) is 5.61. The highest BCUT2D eigenvalue weighted by Gasteiger charge is 2.15. The summed E-state index contributed by atoms with van der Waals surface area (Å²) < 4.78 is 0. The number of anilines is 1. The van der Waals surface area contributed by atoms with E-state index < -0.39 is 0 Å². The first-order valence-electron chi connectivity index (χ1n) is 6.61. The van der Waals surface area contributed by atoms with Crippen molar-refractivity contribution in [2.75, 3.05) is 11.5 Å². The predicted octanol–water partition coefficient (Wildman–Crippen LogP) is 1.38. The van der Waals surface area contributed by atoms with Gasteiger partial charge in [0.15, 0.2) is 5.16 Å². The number of aromatic nitrogens is 3. The van der Waals surface area contributed by atoms with Gasteiger partial charge in [0.25, 0.3) is 0 Å². The van der Waals surface area contributed by atoms with E-state index in [1.165, 1.54) is 43.8 Å². The Balaban J connectivity index is 1.74. The molecule has 0 bridgehead atoms. The van der Waals surface area contributed by atoms with Crippen LogP contribution in [0.15, 0.2) is 11.5 Å². The van der Waals surface area contributed by atoms with E-state index in [0.29, 0.717) is 17.0 Å². The first kappa shape index (κ1) is 14.0. The van der Waals surface area contributed by atoms with Crippen LogP contribution in [0, 0.1) is 0 Å². The number of hydrogen-bond acceptors (Lipinski definition) is 6. The highest BCUT2D eigenvalue weighted by Crippen LogP contribution is 2.18. The normalized spacial score (nSPS) is 16.8. The molecule has 1 aromatic rings. The van der Waals surface area contributed by atoms with E-state index in [0.717, 1.165) is 12.8 Å². The molecular formula is C12H19N5OS. The molecule has 1 fully saturated rings. The third-order valence-corrected chi connectivity index (χ3v) is 3.98. The molecule has 0 unspecified atom stereocenters. The number of nitrogen functional groups attached to an aromatic ring is 1. The lowest BCUT2D eigenvalue weighted by Gasteiger charge is -2.15. The molecule has 0 aliphatic heterocycles. The Kier molecular flexibility index (Phi) is 5.38. The summed E-state index contributed by atoms with van der Waals surface area (Å²) in [7, 11) is 0. The van der Waals surface area contributed by atoms with E-state index in [2.05, 4.69) is 20.3 Å². The number of carbonyl (C=O) groups is 1. The van der Waals surface area contributed by atoms with Gasteiger partial charge in [-0.2, -0.15) is 4.98 Å². The molecule has 1 aliphatic carbocycles. The Labute approximate surface area is 117 Å². The van der Waals surface area contributed by atoms with Crippen LogP contribution in [-0.2, 0) is 4.79 Å². The maximum absolute atomic E-state index is 11.8. The molecule has 3 N–H and O–H groups in total. The van der Waals surface area contributed by atoms with E-state index in [4.69, 9.17) is 5.73 Å². The van der Waals surface area contributed by atoms with Crippen molar-refractivity contribution >= 4 is 23.6 Å². The molecule has 1 aromatic heterocycles. The molecule has 1 aliphatic rings. The predicted molar refractivity (Wildman–Crippen MR) is 74.6 cm³/mol. The average molecular weight is 281 g/mol. The van der Waals surface area contributed by atoms with Crippen LogP contribution in [0.25, 0.3) is 0 Å². The summed E-state index contributed by atoms with van der Waals surface area (Å²) in [4.78, 5) is 23.5. The van der Waals surface area contributed by atoms with Crippen LogP contribution in [0.5, 0.6) is 0 Å². The van der Waals surface area contributed by atoms with Gasteiger partial charge in [-0.05, 0) is 12.8 Å². The van der Waals surface area contributed by atoms with Gasteiger partial charge < -0.3 is 11.1 Å². The minimum absolute atomic E-state index is 0.0379. The second kappa shape index (κ2) is 7.28. The zero-order chi connectivity index (χ0) is 13.5. The Bertz CT molecular complexity index is 420. The van der Waals surface area contributed by atoms with Crippen molar-refractivity contribution in [1.29, 1.82) is 0 Å². The molecule has 0 aromatic carbocycles. The Morgan fingerprint density at radius 1 is 1.32 bits per heavy atom. The van der Waals surface area contributed by atoms with Crippen molar-refractivity contribution in [2.24, 2.45) is 0 Å². The topological polar surface area (TPSA) is 93.8 Å². The number of nitrogens with zero attached hydrogens (tertiary/aromatic N) is 3. The zero-order valence-electron chi connectivity index (χ0n) is 10.8. The van der Waals surface area contributed by atoms with Crippen molar-refractivity contribution < 1.29 is 4.79 Å². The first-order valence-corrected chi connectivity index (χ1v) is 7.59. The third kappa shape index (κ3) is 5.02. The van der Waals surface area contributed by atoms with E-state index >= 15 is 0 Å². The van der Waals surface area contributed by atoms with Crippen molar-refractivity contribution in [3.8, 4) is 0 Å². The maximum Gasteiger partial charge on any atom is 0.230 e. The summed E-state index contributed by atoms with van der Waals surface area (Å²) in [5.74, 6) is 0.539. The number of hydrogen-bond donors (Lipinski definition) is 2. The highest BCUT2D eigenvalue weighted by atomic mass is 32.2. The van der Waals surface area contributed by atoms with Crippen molar-refractivity contribution in [1.82, 2.24) is 20.3 Å². The third-order valence-electron chi connectivity index (χ3n) is 3.12. The van der Waals surface area contributed by atoms with Crippen LogP contribution in [0.3, 0.4) is 0 Å². The maximum atomic E-state index is 11.8. The average Bonchev–Trinajstić information content (AvgIpc) is 2.65. The van der Waals surface area contributed by atoms with Crippen molar-refractivity contribution in [3.63, 3.8) is 0 Å². The van der Waals surface area contributed by atoms with Crippen LogP contribution >= 0.6 is 11.8 Å². The fraction of sp³-hybridized carbons (Fsp3) is 0.667. The summed E-state index contributed by atoms with van der Waals surface area (Å²) >= 11 is 1.28. The number of carbonyl (C=O) groups excluding carboxylic acids is 1. The second-order valence-electron chi connectivity index (χ2n) is 4.67. The highest BCUT2D eigenvalue weighted by molar-refractivity contribution is 7.99. The summed E-state index contributed by atoms with van der Waals surface area (Å²) in [5.41, 5.74) is 5.46. The monoisotopic (exact) mass is 281 g/mol. The SMILES string of the molecule is Nc1ncnc(SCC(=O)NC2CCCCCC2)n1. The Morgan fingerprint density at radius 2 is 2.05 bits per heavy atom. The number of rotatable bonds is 4. The summed E-state index contributed by atoms with van der Waals surface area (Å²) in [6.45, 7) is 0. The standard InChI is InChI=1S/C12H19N5OS/c13-11-14-8-15-12(17-11)19-7-10(18)16-9-5-3-1-2-4-6-9/h8-9H,1-7H2,(H,16,18)(H2,13,14,15,17). The van der Waals surface area contributed by atoms with Gasteiger partial charge >= 0.3 is 0 Å². The molecule has 1 saturated carbocycles. The molecule has 1 heterocycles. The minimum atomic E-state index is 0.0379. The van der Waals surface area contributed by atoms with E-state index in [1.807, 2.05) is 0 Å². The van der Waals surface area contributed by atoms with Gasteiger partial charge in [-0.25, -0.2) is 9.97 Å². The van der Waals surface area contributed by atoms with Gasteiger partial charge in [0.2, 0.25) is 11.9 Å².